The van der Waals surface area contributed by atoms with Crippen LogP contribution in [-0.2, 0) is 20.5 Å². The zero-order valence-corrected chi connectivity index (χ0v) is 19.9. The summed E-state index contributed by atoms with van der Waals surface area (Å²) >= 11 is 0. The minimum absolute atomic E-state index is 0.166. The third-order valence-electron chi connectivity index (χ3n) is 6.39. The normalized spacial score (nSPS) is 20.6. The van der Waals surface area contributed by atoms with Gasteiger partial charge in [-0.3, -0.25) is 4.79 Å². The zero-order chi connectivity index (χ0) is 26.3. The summed E-state index contributed by atoms with van der Waals surface area (Å²) in [6.07, 6.45) is -1.18. The molecule has 0 bridgehead atoms. The number of esters is 1. The van der Waals surface area contributed by atoms with E-state index in [0.29, 0.717) is 39.8 Å². The lowest BCUT2D eigenvalue weighted by molar-refractivity contribution is -0.139. The number of allylic oxidation sites excluding steroid dienone is 2. The van der Waals surface area contributed by atoms with E-state index in [-0.39, 0.29) is 18.1 Å². The molecule has 3 aromatic rings. The summed E-state index contributed by atoms with van der Waals surface area (Å²) in [5.41, 5.74) is 2.35. The Bertz CT molecular complexity index is 1460. The van der Waals surface area contributed by atoms with Crippen LogP contribution in [0, 0.1) is 5.92 Å². The van der Waals surface area contributed by atoms with Gasteiger partial charge in [0.25, 0.3) is 0 Å². The summed E-state index contributed by atoms with van der Waals surface area (Å²) in [7, 11) is 0. The molecule has 0 saturated heterocycles. The Labute approximate surface area is 210 Å². The summed E-state index contributed by atoms with van der Waals surface area (Å²) < 4.78 is 44.6. The maximum absolute atomic E-state index is 13.6. The number of carbonyl (C=O) groups is 2. The number of fused-ring (bicyclic) bond motifs is 1. The van der Waals surface area contributed by atoms with Crippen molar-refractivity contribution in [2.24, 2.45) is 10.9 Å². The molecule has 3 N–H and O–H groups in total. The van der Waals surface area contributed by atoms with Crippen LogP contribution in [0.15, 0.2) is 76.7 Å². The monoisotopic (exact) mass is 508 g/mol. The zero-order valence-electron chi connectivity index (χ0n) is 19.9. The van der Waals surface area contributed by atoms with E-state index in [1.54, 1.807) is 56.5 Å². The highest BCUT2D eigenvalue weighted by atomic mass is 19.4. The van der Waals surface area contributed by atoms with Crippen molar-refractivity contribution < 1.29 is 27.5 Å². The van der Waals surface area contributed by atoms with Crippen molar-refractivity contribution in [3.8, 4) is 11.3 Å². The first-order valence-corrected chi connectivity index (χ1v) is 11.7. The van der Waals surface area contributed by atoms with E-state index in [1.165, 1.54) is 6.07 Å². The van der Waals surface area contributed by atoms with Crippen molar-refractivity contribution in [1.29, 1.82) is 0 Å². The summed E-state index contributed by atoms with van der Waals surface area (Å²) in [6.45, 7) is 3.64. The number of rotatable bonds is 5. The fourth-order valence-electron chi connectivity index (χ4n) is 4.75. The van der Waals surface area contributed by atoms with Crippen molar-refractivity contribution in [3.63, 3.8) is 0 Å². The number of ketones is 1. The first-order valence-electron chi connectivity index (χ1n) is 11.7. The second kappa shape index (κ2) is 9.27. The SMILES string of the molecule is CCOC(=O)C1=C(C)NC2=N/C(=C\c3ccc(-c4cccc(C(F)(F)F)c4)[nH]3)C(=O)C2C1c1ccc[nH]1. The number of H-pyrrole nitrogens is 2. The number of ether oxygens (including phenoxy) is 1. The molecule has 37 heavy (non-hydrogen) atoms. The van der Waals surface area contributed by atoms with Gasteiger partial charge in [0.05, 0.1) is 29.6 Å². The number of amidine groups is 1. The molecule has 0 saturated carbocycles. The van der Waals surface area contributed by atoms with Gasteiger partial charge in [0.15, 0.2) is 5.78 Å². The molecular formula is C27H23F3N4O3. The summed E-state index contributed by atoms with van der Waals surface area (Å²) in [4.78, 5) is 37.1. The molecule has 10 heteroatoms. The van der Waals surface area contributed by atoms with E-state index in [0.717, 1.165) is 12.1 Å². The molecule has 0 fully saturated rings. The van der Waals surface area contributed by atoms with Crippen LogP contribution in [0.5, 0.6) is 0 Å². The van der Waals surface area contributed by atoms with Crippen molar-refractivity contribution in [2.45, 2.75) is 25.9 Å². The molecule has 2 unspecified atom stereocenters. The summed E-state index contributed by atoms with van der Waals surface area (Å²) in [5, 5.41) is 3.09. The molecule has 2 aliphatic heterocycles. The molecule has 190 valence electrons. The number of aliphatic imine (C=N–C) groups is 1. The minimum atomic E-state index is -4.45. The molecule has 2 aliphatic rings. The molecule has 0 aliphatic carbocycles. The number of aromatic amines is 2. The molecule has 0 amide bonds. The maximum Gasteiger partial charge on any atom is 0.416 e. The molecule has 5 rings (SSSR count). The predicted molar refractivity (Wildman–Crippen MR) is 131 cm³/mol. The third-order valence-corrected chi connectivity index (χ3v) is 6.39. The molecular weight excluding hydrogens is 485 g/mol. The van der Waals surface area contributed by atoms with Crippen LogP contribution in [0.1, 0.15) is 36.7 Å². The van der Waals surface area contributed by atoms with Gasteiger partial charge in [0.1, 0.15) is 11.5 Å². The minimum Gasteiger partial charge on any atom is -0.463 e. The molecule has 4 heterocycles. The first-order chi connectivity index (χ1) is 17.7. The number of alkyl halides is 3. The van der Waals surface area contributed by atoms with E-state index in [2.05, 4.69) is 20.3 Å². The Morgan fingerprint density at radius 2 is 1.95 bits per heavy atom. The summed E-state index contributed by atoms with van der Waals surface area (Å²) in [5.74, 6) is -1.74. The fraction of sp³-hybridized carbons (Fsp3) is 0.222. The van der Waals surface area contributed by atoms with Gasteiger partial charge in [-0.05, 0) is 61.9 Å². The first kappa shape index (κ1) is 24.4. The number of Topliss-reactive ketones (excluding diaryl/α,β-unsaturated/α-hetero) is 1. The molecule has 7 nitrogen and oxygen atoms in total. The van der Waals surface area contributed by atoms with Crippen LogP contribution in [0.2, 0.25) is 0 Å². The standard InChI is InChI=1S/C27H23F3N4O3/c1-3-37-26(36)21-14(2)32-25-23(22(21)19-8-5-11-31-19)24(35)20(34-25)13-17-9-10-18(33-17)15-6-4-7-16(12-15)27(28,29)30/h4-13,22-23,31,33H,3H2,1-2H3,(H,32,34)/b20-13-. The van der Waals surface area contributed by atoms with Crippen molar-refractivity contribution in [2.75, 3.05) is 6.61 Å². The van der Waals surface area contributed by atoms with Gasteiger partial charge < -0.3 is 20.0 Å². The number of benzene rings is 1. The second-order valence-corrected chi connectivity index (χ2v) is 8.76. The average Bonchev–Trinajstić information content (AvgIpc) is 3.60. The number of nitrogens with one attached hydrogen (secondary N) is 3. The topological polar surface area (TPSA) is 99.3 Å². The molecule has 0 radical (unpaired) electrons. The van der Waals surface area contributed by atoms with Crippen LogP contribution in [-0.4, -0.2) is 34.2 Å². The Balaban J connectivity index is 1.47. The highest BCUT2D eigenvalue weighted by Crippen LogP contribution is 2.42. The predicted octanol–water partition coefficient (Wildman–Crippen LogP) is 5.19. The number of halogens is 3. The van der Waals surface area contributed by atoms with Crippen molar-refractivity contribution in [3.05, 3.63) is 88.6 Å². The van der Waals surface area contributed by atoms with Crippen molar-refractivity contribution >= 4 is 23.7 Å². The molecule has 1 aromatic carbocycles. The molecule has 2 atom stereocenters. The van der Waals surface area contributed by atoms with Crippen LogP contribution in [0.3, 0.4) is 0 Å². The Hall–Kier alpha value is -4.34. The highest BCUT2D eigenvalue weighted by Gasteiger charge is 2.48. The average molecular weight is 509 g/mol. The Morgan fingerprint density at radius 1 is 1.14 bits per heavy atom. The van der Waals surface area contributed by atoms with E-state index in [9.17, 15) is 22.8 Å². The highest BCUT2D eigenvalue weighted by molar-refractivity contribution is 6.21. The lowest BCUT2D eigenvalue weighted by Crippen LogP contribution is -2.42. The van der Waals surface area contributed by atoms with E-state index in [1.807, 2.05) is 0 Å². The quantitative estimate of drug-likeness (QED) is 0.326. The number of hydrogen-bond acceptors (Lipinski definition) is 5. The number of hydrogen-bond donors (Lipinski definition) is 3. The number of carbonyl (C=O) groups excluding carboxylic acids is 2. The van der Waals surface area contributed by atoms with E-state index in [4.69, 9.17) is 4.74 Å². The molecule has 0 spiro atoms. The van der Waals surface area contributed by atoms with Gasteiger partial charge in [0, 0.05) is 29.0 Å². The van der Waals surface area contributed by atoms with Gasteiger partial charge in [-0.15, -0.1) is 0 Å². The Kier molecular flexibility index (Phi) is 6.10. The third kappa shape index (κ3) is 4.50. The fourth-order valence-corrected chi connectivity index (χ4v) is 4.75. The largest absolute Gasteiger partial charge is 0.463 e. The van der Waals surface area contributed by atoms with Gasteiger partial charge in [-0.2, -0.15) is 13.2 Å². The van der Waals surface area contributed by atoms with Gasteiger partial charge in [0.2, 0.25) is 0 Å². The smallest absolute Gasteiger partial charge is 0.416 e. The van der Waals surface area contributed by atoms with Crippen LogP contribution in [0.4, 0.5) is 13.2 Å². The van der Waals surface area contributed by atoms with Gasteiger partial charge in [-0.1, -0.05) is 12.1 Å². The second-order valence-electron chi connectivity index (χ2n) is 8.76. The maximum atomic E-state index is 13.6. The van der Waals surface area contributed by atoms with E-state index >= 15 is 0 Å². The lowest BCUT2D eigenvalue weighted by atomic mass is 9.77. The van der Waals surface area contributed by atoms with Crippen molar-refractivity contribution in [1.82, 2.24) is 15.3 Å². The van der Waals surface area contributed by atoms with E-state index < -0.39 is 29.5 Å². The van der Waals surface area contributed by atoms with Gasteiger partial charge >= 0.3 is 12.1 Å². The summed E-state index contributed by atoms with van der Waals surface area (Å²) in [6, 6.07) is 11.9. The van der Waals surface area contributed by atoms with Crippen LogP contribution in [0.25, 0.3) is 17.3 Å². The van der Waals surface area contributed by atoms with Crippen LogP contribution >= 0.6 is 0 Å². The number of aromatic nitrogens is 2. The number of nitrogens with zero attached hydrogens (tertiary/aromatic N) is 1. The lowest BCUT2D eigenvalue weighted by Gasteiger charge is -2.31. The van der Waals surface area contributed by atoms with Gasteiger partial charge in [-0.25, -0.2) is 9.79 Å². The van der Waals surface area contributed by atoms with Crippen LogP contribution < -0.4 is 5.32 Å². The molecule has 2 aromatic heterocycles. The Morgan fingerprint density at radius 3 is 2.65 bits per heavy atom.